The van der Waals surface area contributed by atoms with Crippen molar-refractivity contribution in [1.29, 1.82) is 0 Å². The van der Waals surface area contributed by atoms with Crippen molar-refractivity contribution in [2.75, 3.05) is 18.0 Å². The molecule has 6 nitrogen and oxygen atoms in total. The third-order valence-corrected chi connectivity index (χ3v) is 7.74. The predicted octanol–water partition coefficient (Wildman–Crippen LogP) is 3.74. The molecule has 0 bridgehead atoms. The van der Waals surface area contributed by atoms with Crippen molar-refractivity contribution < 1.29 is 17.9 Å². The van der Waals surface area contributed by atoms with Crippen LogP contribution in [0.25, 0.3) is 0 Å². The second-order valence-electron chi connectivity index (χ2n) is 7.07. The number of rotatable bonds is 4. The third-order valence-electron chi connectivity index (χ3n) is 5.22. The summed E-state index contributed by atoms with van der Waals surface area (Å²) in [7, 11) is -3.37. The summed E-state index contributed by atoms with van der Waals surface area (Å²) in [6.45, 7) is 1.10. The van der Waals surface area contributed by atoms with Gasteiger partial charge in [0.25, 0.3) is 0 Å². The number of nitrogens with zero attached hydrogens (tertiary/aromatic N) is 2. The number of amides is 1. The van der Waals surface area contributed by atoms with Crippen molar-refractivity contribution in [3.8, 4) is 0 Å². The van der Waals surface area contributed by atoms with Crippen LogP contribution in [0.2, 0.25) is 0 Å². The highest BCUT2D eigenvalue weighted by atomic mass is 127. The molecule has 1 saturated heterocycles. The van der Waals surface area contributed by atoms with E-state index in [9.17, 15) is 13.2 Å². The van der Waals surface area contributed by atoms with Gasteiger partial charge in [0.15, 0.2) is 0 Å². The zero-order valence-electron chi connectivity index (χ0n) is 15.3. The van der Waals surface area contributed by atoms with Gasteiger partial charge in [0.05, 0.1) is 11.4 Å². The quantitative estimate of drug-likeness (QED) is 0.586. The number of cyclic esters (lactones) is 1. The molecule has 1 fully saturated rings. The first kappa shape index (κ1) is 19.7. The lowest BCUT2D eigenvalue weighted by molar-refractivity contribution is 0.135. The second-order valence-corrected chi connectivity index (χ2v) is 10.3. The maximum absolute atomic E-state index is 12.8. The van der Waals surface area contributed by atoms with E-state index < -0.39 is 10.0 Å². The first-order valence-electron chi connectivity index (χ1n) is 9.20. The number of sulfonamides is 1. The summed E-state index contributed by atoms with van der Waals surface area (Å²) >= 11 is 2.24. The Bertz CT molecular complexity index is 973. The number of benzene rings is 2. The Morgan fingerprint density at radius 1 is 1.07 bits per heavy atom. The molecule has 0 radical (unpaired) electrons. The van der Waals surface area contributed by atoms with E-state index in [-0.39, 0.29) is 24.5 Å². The monoisotopic (exact) mass is 512 g/mol. The molecule has 0 aromatic heterocycles. The first-order valence-corrected chi connectivity index (χ1v) is 11.9. The number of hydrogen-bond donors (Lipinski definition) is 0. The third kappa shape index (κ3) is 4.04. The molecule has 28 heavy (non-hydrogen) atoms. The average Bonchev–Trinajstić information content (AvgIpc) is 2.69. The molecule has 0 spiro atoms. The number of carbonyl (C=O) groups excluding carboxylic acids is 1. The smallest absolute Gasteiger partial charge is 0.414 e. The number of ether oxygens (including phenoxy) is 1. The molecule has 148 valence electrons. The SMILES string of the molecule is O=C1OCc2cc(I)ccc2N1C1CCN(S(=O)(=O)Cc2ccccc2)CC1. The molecule has 2 aliphatic heterocycles. The van der Waals surface area contributed by atoms with Gasteiger partial charge < -0.3 is 4.74 Å². The van der Waals surface area contributed by atoms with Gasteiger partial charge in [0.1, 0.15) is 6.61 Å². The molecule has 2 aliphatic rings. The standard InChI is InChI=1S/C20H21IN2O4S/c21-17-6-7-19-16(12-17)13-27-20(24)23(19)18-8-10-22(11-9-18)28(25,26)14-15-4-2-1-3-5-15/h1-7,12,18H,8-11,13-14H2. The topological polar surface area (TPSA) is 66.9 Å². The van der Waals surface area contributed by atoms with Crippen LogP contribution in [0.15, 0.2) is 48.5 Å². The highest BCUT2D eigenvalue weighted by Crippen LogP contribution is 2.33. The van der Waals surface area contributed by atoms with Crippen LogP contribution in [0.4, 0.5) is 10.5 Å². The van der Waals surface area contributed by atoms with Gasteiger partial charge in [-0.3, -0.25) is 4.90 Å². The maximum Gasteiger partial charge on any atom is 0.414 e. The van der Waals surface area contributed by atoms with Crippen molar-refractivity contribution in [3.05, 3.63) is 63.2 Å². The summed E-state index contributed by atoms with van der Waals surface area (Å²) in [5.74, 6) is 0.00549. The Hall–Kier alpha value is -1.65. The molecule has 0 unspecified atom stereocenters. The van der Waals surface area contributed by atoms with Crippen molar-refractivity contribution in [1.82, 2.24) is 4.31 Å². The molecular formula is C20H21IN2O4S. The van der Waals surface area contributed by atoms with Gasteiger partial charge in [-0.05, 0) is 59.2 Å². The van der Waals surface area contributed by atoms with E-state index in [0.29, 0.717) is 25.9 Å². The number of fused-ring (bicyclic) bond motifs is 1. The number of piperidine rings is 1. The Kier molecular flexibility index (Phi) is 5.62. The summed E-state index contributed by atoms with van der Waals surface area (Å²) < 4.78 is 33.5. The molecule has 1 amide bonds. The van der Waals surface area contributed by atoms with Gasteiger partial charge in [-0.15, -0.1) is 0 Å². The lowest BCUT2D eigenvalue weighted by Crippen LogP contribution is -2.50. The summed E-state index contributed by atoms with van der Waals surface area (Å²) in [4.78, 5) is 14.1. The van der Waals surface area contributed by atoms with E-state index in [2.05, 4.69) is 22.6 Å². The Morgan fingerprint density at radius 3 is 2.50 bits per heavy atom. The minimum atomic E-state index is -3.37. The number of carbonyl (C=O) groups is 1. The van der Waals surface area contributed by atoms with E-state index in [0.717, 1.165) is 20.4 Å². The summed E-state index contributed by atoms with van der Waals surface area (Å²) in [6.07, 6.45) is 0.836. The second kappa shape index (κ2) is 8.00. The summed E-state index contributed by atoms with van der Waals surface area (Å²) in [5, 5.41) is 0. The van der Waals surface area contributed by atoms with Crippen LogP contribution in [0, 0.1) is 3.57 Å². The van der Waals surface area contributed by atoms with Crippen LogP contribution in [0.1, 0.15) is 24.0 Å². The number of anilines is 1. The molecule has 4 rings (SSSR count). The van der Waals surface area contributed by atoms with E-state index in [1.807, 2.05) is 48.5 Å². The summed E-state index contributed by atoms with van der Waals surface area (Å²) in [6, 6.07) is 15.1. The van der Waals surface area contributed by atoms with Crippen molar-refractivity contribution in [2.24, 2.45) is 0 Å². The minimum absolute atomic E-state index is 0.00549. The van der Waals surface area contributed by atoms with E-state index in [1.54, 1.807) is 9.21 Å². The molecule has 2 heterocycles. The van der Waals surface area contributed by atoms with Crippen LogP contribution in [0.3, 0.4) is 0 Å². The average molecular weight is 512 g/mol. The van der Waals surface area contributed by atoms with Crippen LogP contribution >= 0.6 is 22.6 Å². The van der Waals surface area contributed by atoms with Crippen molar-refractivity contribution in [3.63, 3.8) is 0 Å². The van der Waals surface area contributed by atoms with Crippen molar-refractivity contribution >= 4 is 44.4 Å². The van der Waals surface area contributed by atoms with Crippen LogP contribution in [-0.2, 0) is 27.1 Å². The molecule has 0 aliphatic carbocycles. The highest BCUT2D eigenvalue weighted by molar-refractivity contribution is 14.1. The maximum atomic E-state index is 12.8. The van der Waals surface area contributed by atoms with Crippen LogP contribution in [-0.4, -0.2) is 37.9 Å². The zero-order valence-corrected chi connectivity index (χ0v) is 18.2. The zero-order chi connectivity index (χ0) is 19.7. The molecule has 8 heteroatoms. The van der Waals surface area contributed by atoms with Gasteiger partial charge in [-0.2, -0.15) is 0 Å². The lowest BCUT2D eigenvalue weighted by Gasteiger charge is -2.39. The Balaban J connectivity index is 1.46. The largest absolute Gasteiger partial charge is 0.444 e. The molecule has 2 aromatic carbocycles. The van der Waals surface area contributed by atoms with E-state index in [4.69, 9.17) is 4.74 Å². The van der Waals surface area contributed by atoms with Gasteiger partial charge in [-0.25, -0.2) is 17.5 Å². The predicted molar refractivity (Wildman–Crippen MR) is 115 cm³/mol. The fourth-order valence-corrected chi connectivity index (χ4v) is 5.93. The Labute approximate surface area is 178 Å². The van der Waals surface area contributed by atoms with E-state index in [1.165, 1.54) is 0 Å². The van der Waals surface area contributed by atoms with Crippen LogP contribution < -0.4 is 4.90 Å². The van der Waals surface area contributed by atoms with E-state index >= 15 is 0 Å². The van der Waals surface area contributed by atoms with Crippen LogP contribution in [0.5, 0.6) is 0 Å². The first-order chi connectivity index (χ1) is 13.4. The van der Waals surface area contributed by atoms with Gasteiger partial charge in [0.2, 0.25) is 10.0 Å². The van der Waals surface area contributed by atoms with Gasteiger partial charge >= 0.3 is 6.09 Å². The summed E-state index contributed by atoms with van der Waals surface area (Å²) in [5.41, 5.74) is 2.65. The lowest BCUT2D eigenvalue weighted by atomic mass is 10.0. The minimum Gasteiger partial charge on any atom is -0.444 e. The molecular weight excluding hydrogens is 491 g/mol. The molecule has 0 N–H and O–H groups in total. The van der Waals surface area contributed by atoms with Crippen molar-refractivity contribution in [2.45, 2.75) is 31.2 Å². The molecule has 2 aromatic rings. The van der Waals surface area contributed by atoms with Gasteiger partial charge in [0, 0.05) is 28.3 Å². The fourth-order valence-electron chi connectivity index (χ4n) is 3.81. The molecule has 0 saturated carbocycles. The number of hydrogen-bond acceptors (Lipinski definition) is 4. The Morgan fingerprint density at radius 2 is 1.79 bits per heavy atom. The molecule has 0 atom stereocenters. The number of halogens is 1. The highest BCUT2D eigenvalue weighted by Gasteiger charge is 2.36. The van der Waals surface area contributed by atoms with Gasteiger partial charge in [-0.1, -0.05) is 30.3 Å². The normalized spacial score (nSPS) is 18.6. The fraction of sp³-hybridized carbons (Fsp3) is 0.350.